The minimum absolute atomic E-state index is 0.331. The van der Waals surface area contributed by atoms with Gasteiger partial charge in [-0.2, -0.15) is 0 Å². The van der Waals surface area contributed by atoms with Crippen molar-refractivity contribution in [1.82, 2.24) is 10.3 Å². The number of anilines is 1. The first-order chi connectivity index (χ1) is 9.15. The van der Waals surface area contributed by atoms with E-state index in [1.54, 1.807) is 7.11 Å². The molecule has 0 aliphatic heterocycles. The molecule has 1 heterocycles. The maximum absolute atomic E-state index is 5.26. The average molecular weight is 265 g/mol. The number of ether oxygens (including phenoxy) is 1. The van der Waals surface area contributed by atoms with Crippen molar-refractivity contribution in [2.45, 2.75) is 39.8 Å². The quantitative estimate of drug-likeness (QED) is 0.782. The summed E-state index contributed by atoms with van der Waals surface area (Å²) in [5, 5.41) is 3.20. The van der Waals surface area contributed by atoms with Crippen molar-refractivity contribution in [3.8, 4) is 0 Å². The molecule has 4 heteroatoms. The van der Waals surface area contributed by atoms with E-state index in [0.717, 1.165) is 31.0 Å². The van der Waals surface area contributed by atoms with Crippen LogP contribution in [0.4, 0.5) is 5.82 Å². The van der Waals surface area contributed by atoms with Crippen LogP contribution in [0.3, 0.4) is 0 Å². The number of aromatic nitrogens is 1. The average Bonchev–Trinajstić information content (AvgIpc) is 2.40. The molecule has 0 saturated heterocycles. The minimum Gasteiger partial charge on any atom is -0.383 e. The van der Waals surface area contributed by atoms with Crippen LogP contribution >= 0.6 is 0 Å². The summed E-state index contributed by atoms with van der Waals surface area (Å²) in [5.74, 6) is 1.05. The Kier molecular flexibility index (Phi) is 6.81. The first kappa shape index (κ1) is 15.9. The van der Waals surface area contributed by atoms with Gasteiger partial charge < -0.3 is 15.0 Å². The lowest BCUT2D eigenvalue weighted by atomic mass is 10.1. The Labute approximate surface area is 117 Å². The predicted octanol–water partition coefficient (Wildman–Crippen LogP) is 2.22. The Morgan fingerprint density at radius 2 is 2.11 bits per heavy atom. The highest BCUT2D eigenvalue weighted by Crippen LogP contribution is 2.18. The van der Waals surface area contributed by atoms with E-state index in [1.165, 1.54) is 5.56 Å². The van der Waals surface area contributed by atoms with E-state index in [9.17, 15) is 0 Å². The topological polar surface area (TPSA) is 37.4 Å². The standard InChI is InChI=1S/C15H27N3O/c1-6-14-8-13(10-16-4)9-15(17-14)18(7-2)12(3)11-19-5/h8-9,12,16H,6-7,10-11H2,1-5H3. The molecule has 1 unspecified atom stereocenters. The van der Waals surface area contributed by atoms with Gasteiger partial charge in [-0.15, -0.1) is 0 Å². The summed E-state index contributed by atoms with van der Waals surface area (Å²) in [7, 11) is 3.71. The van der Waals surface area contributed by atoms with Crippen LogP contribution in [-0.4, -0.2) is 38.3 Å². The zero-order valence-electron chi connectivity index (χ0n) is 12.9. The van der Waals surface area contributed by atoms with Crippen LogP contribution in [0.2, 0.25) is 0 Å². The minimum atomic E-state index is 0.331. The fraction of sp³-hybridized carbons (Fsp3) is 0.667. The molecule has 19 heavy (non-hydrogen) atoms. The van der Waals surface area contributed by atoms with Crippen LogP contribution in [0.25, 0.3) is 0 Å². The molecule has 4 nitrogen and oxygen atoms in total. The summed E-state index contributed by atoms with van der Waals surface area (Å²) in [6.45, 7) is 9.00. The second kappa shape index (κ2) is 8.12. The summed E-state index contributed by atoms with van der Waals surface area (Å²) in [4.78, 5) is 7.04. The number of rotatable bonds is 8. The lowest BCUT2D eigenvalue weighted by Gasteiger charge is -2.29. The van der Waals surface area contributed by atoms with E-state index >= 15 is 0 Å². The van der Waals surface area contributed by atoms with Gasteiger partial charge in [-0.3, -0.25) is 0 Å². The number of likely N-dealkylation sites (N-methyl/N-ethyl adjacent to an activating group) is 1. The van der Waals surface area contributed by atoms with Crippen molar-refractivity contribution in [2.24, 2.45) is 0 Å². The van der Waals surface area contributed by atoms with Crippen LogP contribution in [0, 0.1) is 0 Å². The van der Waals surface area contributed by atoms with E-state index in [2.05, 4.69) is 43.1 Å². The van der Waals surface area contributed by atoms with E-state index < -0.39 is 0 Å². The Balaban J connectivity index is 3.04. The van der Waals surface area contributed by atoms with Gasteiger partial charge in [0.15, 0.2) is 0 Å². The van der Waals surface area contributed by atoms with E-state index in [1.807, 2.05) is 7.05 Å². The van der Waals surface area contributed by atoms with Gasteiger partial charge in [0, 0.05) is 25.9 Å². The van der Waals surface area contributed by atoms with Crippen molar-refractivity contribution in [3.63, 3.8) is 0 Å². The Hall–Kier alpha value is -1.13. The SMILES string of the molecule is CCc1cc(CNC)cc(N(CC)C(C)COC)n1. The zero-order valence-corrected chi connectivity index (χ0v) is 12.9. The van der Waals surface area contributed by atoms with Gasteiger partial charge in [-0.05, 0) is 45.0 Å². The van der Waals surface area contributed by atoms with E-state index in [4.69, 9.17) is 9.72 Å². The molecule has 0 amide bonds. The Morgan fingerprint density at radius 1 is 1.37 bits per heavy atom. The molecule has 1 atom stereocenters. The fourth-order valence-electron chi connectivity index (χ4n) is 2.30. The normalized spacial score (nSPS) is 12.5. The molecule has 0 aliphatic rings. The summed E-state index contributed by atoms with van der Waals surface area (Å²) < 4.78 is 5.26. The number of pyridine rings is 1. The first-order valence-electron chi connectivity index (χ1n) is 7.06. The number of hydrogen-bond acceptors (Lipinski definition) is 4. The lowest BCUT2D eigenvalue weighted by Crippen LogP contribution is -2.37. The van der Waals surface area contributed by atoms with Gasteiger partial charge in [0.1, 0.15) is 5.82 Å². The molecule has 1 aromatic heterocycles. The van der Waals surface area contributed by atoms with E-state index in [-0.39, 0.29) is 0 Å². The molecule has 0 aliphatic carbocycles. The summed E-state index contributed by atoms with van der Waals surface area (Å²) in [6, 6.07) is 4.68. The molecular formula is C15H27N3O. The van der Waals surface area contributed by atoms with Crippen molar-refractivity contribution < 1.29 is 4.74 Å². The summed E-state index contributed by atoms with van der Waals surface area (Å²) in [6.07, 6.45) is 0.959. The highest BCUT2D eigenvalue weighted by atomic mass is 16.5. The second-order valence-corrected chi connectivity index (χ2v) is 4.80. The van der Waals surface area contributed by atoms with Gasteiger partial charge in [-0.1, -0.05) is 6.92 Å². The van der Waals surface area contributed by atoms with Crippen LogP contribution in [0.15, 0.2) is 12.1 Å². The third kappa shape index (κ3) is 4.48. The Morgan fingerprint density at radius 3 is 2.63 bits per heavy atom. The monoisotopic (exact) mass is 265 g/mol. The van der Waals surface area contributed by atoms with Gasteiger partial charge >= 0.3 is 0 Å². The van der Waals surface area contributed by atoms with Gasteiger partial charge in [0.25, 0.3) is 0 Å². The summed E-state index contributed by atoms with van der Waals surface area (Å²) >= 11 is 0. The molecule has 0 fully saturated rings. The third-order valence-corrected chi connectivity index (χ3v) is 3.24. The molecule has 1 aromatic rings. The molecule has 1 rings (SSSR count). The molecular weight excluding hydrogens is 238 g/mol. The van der Waals surface area contributed by atoms with E-state index in [0.29, 0.717) is 12.6 Å². The third-order valence-electron chi connectivity index (χ3n) is 3.24. The molecule has 1 N–H and O–H groups in total. The lowest BCUT2D eigenvalue weighted by molar-refractivity contribution is 0.181. The largest absolute Gasteiger partial charge is 0.383 e. The zero-order chi connectivity index (χ0) is 14.3. The van der Waals surface area contributed by atoms with Crippen LogP contribution in [0.5, 0.6) is 0 Å². The number of methoxy groups -OCH3 is 1. The smallest absolute Gasteiger partial charge is 0.129 e. The Bertz CT molecular complexity index is 382. The number of aryl methyl sites for hydroxylation is 1. The maximum atomic E-state index is 5.26. The fourth-order valence-corrected chi connectivity index (χ4v) is 2.30. The van der Waals surface area contributed by atoms with Crippen molar-refractivity contribution in [1.29, 1.82) is 0 Å². The number of nitrogens with zero attached hydrogens (tertiary/aromatic N) is 2. The highest BCUT2D eigenvalue weighted by molar-refractivity contribution is 5.43. The van der Waals surface area contributed by atoms with Gasteiger partial charge in [0.05, 0.1) is 12.6 Å². The summed E-state index contributed by atoms with van der Waals surface area (Å²) in [5.41, 5.74) is 2.43. The van der Waals surface area contributed by atoms with Crippen LogP contribution in [0.1, 0.15) is 32.0 Å². The number of hydrogen-bond donors (Lipinski definition) is 1. The van der Waals surface area contributed by atoms with Gasteiger partial charge in [-0.25, -0.2) is 4.98 Å². The highest BCUT2D eigenvalue weighted by Gasteiger charge is 2.15. The maximum Gasteiger partial charge on any atom is 0.129 e. The van der Waals surface area contributed by atoms with Crippen LogP contribution in [-0.2, 0) is 17.7 Å². The molecule has 0 radical (unpaired) electrons. The van der Waals surface area contributed by atoms with Gasteiger partial charge in [0.2, 0.25) is 0 Å². The predicted molar refractivity (Wildman–Crippen MR) is 80.7 cm³/mol. The molecule has 0 saturated carbocycles. The van der Waals surface area contributed by atoms with Crippen LogP contribution < -0.4 is 10.2 Å². The molecule has 0 spiro atoms. The van der Waals surface area contributed by atoms with Crippen molar-refractivity contribution in [2.75, 3.05) is 32.2 Å². The van der Waals surface area contributed by atoms with Crippen molar-refractivity contribution in [3.05, 3.63) is 23.4 Å². The number of nitrogens with one attached hydrogen (secondary N) is 1. The second-order valence-electron chi connectivity index (χ2n) is 4.80. The first-order valence-corrected chi connectivity index (χ1v) is 7.06. The molecule has 108 valence electrons. The molecule has 0 aromatic carbocycles. The molecule has 0 bridgehead atoms. The van der Waals surface area contributed by atoms with Crippen molar-refractivity contribution >= 4 is 5.82 Å².